The molecule has 0 fully saturated rings. The van der Waals surface area contributed by atoms with Crippen molar-refractivity contribution in [3.63, 3.8) is 0 Å². The normalized spacial score (nSPS) is 16.4. The Hall–Kier alpha value is -1.83. The lowest BCUT2D eigenvalue weighted by atomic mass is 10.1. The number of hydrogen-bond donors (Lipinski definition) is 2. The van der Waals surface area contributed by atoms with Crippen LogP contribution in [-0.4, -0.2) is 63.1 Å². The van der Waals surface area contributed by atoms with Crippen LogP contribution in [-0.2, 0) is 6.54 Å². The highest BCUT2D eigenvalue weighted by Crippen LogP contribution is 2.26. The molecule has 0 radical (unpaired) electrons. The molecule has 31 heavy (non-hydrogen) atoms. The van der Waals surface area contributed by atoms with E-state index in [0.29, 0.717) is 24.9 Å². The Bertz CT molecular complexity index is 719. The number of amides is 1. The van der Waals surface area contributed by atoms with Gasteiger partial charge in [-0.25, -0.2) is 4.79 Å². The van der Waals surface area contributed by atoms with Crippen molar-refractivity contribution in [2.75, 3.05) is 31.1 Å². The molecule has 1 unspecified atom stereocenters. The van der Waals surface area contributed by atoms with Gasteiger partial charge in [0, 0.05) is 45.0 Å². The van der Waals surface area contributed by atoms with Gasteiger partial charge in [-0.05, 0) is 37.5 Å². The average molecular weight is 452 g/mol. The van der Waals surface area contributed by atoms with Crippen molar-refractivity contribution in [1.82, 2.24) is 20.0 Å². The van der Waals surface area contributed by atoms with E-state index in [9.17, 15) is 9.90 Å². The molecule has 8 heteroatoms. The number of rotatable bonds is 12. The molecule has 1 aromatic rings. The maximum atomic E-state index is 11.4. The molecule has 0 aromatic carbocycles. The van der Waals surface area contributed by atoms with E-state index in [1.165, 1.54) is 0 Å². The quantitative estimate of drug-likeness (QED) is 0.357. The standard InChI is InChI=1S/C23H41N5O2S/c1-6-7-11-26(23(29)30)12-9-8-10-19-15-27(13-17(2)3)20-16-28(14-18(4)5)25-21(20)22(31)24-19/h16-19H,6-15H2,1-5H3,(H,24,31)(H,29,30). The molecule has 0 spiro atoms. The molecule has 1 aliphatic heterocycles. The number of nitrogens with zero attached hydrogens (tertiary/aromatic N) is 4. The molecule has 1 aliphatic rings. The van der Waals surface area contributed by atoms with Gasteiger partial charge < -0.3 is 20.2 Å². The summed E-state index contributed by atoms with van der Waals surface area (Å²) in [6.45, 7) is 14.9. The summed E-state index contributed by atoms with van der Waals surface area (Å²) in [7, 11) is 0. The third kappa shape index (κ3) is 7.98. The van der Waals surface area contributed by atoms with Crippen LogP contribution in [0.5, 0.6) is 0 Å². The van der Waals surface area contributed by atoms with Crippen LogP contribution in [0.15, 0.2) is 6.20 Å². The fourth-order valence-electron chi connectivity index (χ4n) is 4.06. The highest BCUT2D eigenvalue weighted by atomic mass is 32.1. The van der Waals surface area contributed by atoms with Gasteiger partial charge in [-0.3, -0.25) is 4.68 Å². The summed E-state index contributed by atoms with van der Waals surface area (Å²) in [6.07, 6.45) is 6.06. The summed E-state index contributed by atoms with van der Waals surface area (Å²) in [5, 5.41) is 17.7. The first-order valence-electron chi connectivity index (χ1n) is 11.8. The van der Waals surface area contributed by atoms with Crippen molar-refractivity contribution >= 4 is 29.0 Å². The highest BCUT2D eigenvalue weighted by Gasteiger charge is 2.28. The van der Waals surface area contributed by atoms with Crippen molar-refractivity contribution < 1.29 is 9.90 Å². The lowest BCUT2D eigenvalue weighted by molar-refractivity contribution is 0.143. The second-order valence-electron chi connectivity index (χ2n) is 9.57. The Kier molecular flexibility index (Phi) is 10.1. The van der Waals surface area contributed by atoms with E-state index in [2.05, 4.69) is 51.0 Å². The number of thiocarbonyl (C=S) groups is 1. The van der Waals surface area contributed by atoms with Crippen molar-refractivity contribution in [2.24, 2.45) is 11.8 Å². The number of hydrogen-bond acceptors (Lipinski definition) is 4. The molecule has 7 nitrogen and oxygen atoms in total. The first-order chi connectivity index (χ1) is 14.7. The average Bonchev–Trinajstić information content (AvgIpc) is 3.04. The van der Waals surface area contributed by atoms with Gasteiger partial charge in [0.05, 0.1) is 5.69 Å². The van der Waals surface area contributed by atoms with E-state index >= 15 is 0 Å². The van der Waals surface area contributed by atoms with Gasteiger partial charge in [0.2, 0.25) is 0 Å². The van der Waals surface area contributed by atoms with Gasteiger partial charge in [0.1, 0.15) is 10.7 Å². The first kappa shape index (κ1) is 25.4. The largest absolute Gasteiger partial charge is 0.465 e. The Morgan fingerprint density at radius 2 is 1.90 bits per heavy atom. The predicted molar refractivity (Wildman–Crippen MR) is 131 cm³/mol. The Morgan fingerprint density at radius 1 is 1.23 bits per heavy atom. The Labute approximate surface area is 193 Å². The Balaban J connectivity index is 1.99. The van der Waals surface area contributed by atoms with E-state index in [1.54, 1.807) is 4.90 Å². The van der Waals surface area contributed by atoms with Crippen LogP contribution < -0.4 is 10.2 Å². The molecule has 0 saturated carbocycles. The molecule has 0 bridgehead atoms. The monoisotopic (exact) mass is 451 g/mol. The molecular weight excluding hydrogens is 410 g/mol. The zero-order valence-corrected chi connectivity index (χ0v) is 20.7. The first-order valence-corrected chi connectivity index (χ1v) is 12.2. The zero-order valence-electron chi connectivity index (χ0n) is 19.9. The SMILES string of the molecule is CCCCN(CCCCC1CN(CC(C)C)c2cn(CC(C)C)nc2C(=S)N1)C(=O)O. The zero-order chi connectivity index (χ0) is 23.0. The number of carbonyl (C=O) groups is 1. The van der Waals surface area contributed by atoms with Crippen LogP contribution in [0.3, 0.4) is 0 Å². The van der Waals surface area contributed by atoms with Gasteiger partial charge >= 0.3 is 6.09 Å². The van der Waals surface area contributed by atoms with Crippen molar-refractivity contribution in [1.29, 1.82) is 0 Å². The van der Waals surface area contributed by atoms with E-state index < -0.39 is 6.09 Å². The molecule has 2 rings (SSSR count). The number of aromatic nitrogens is 2. The fraction of sp³-hybridized carbons (Fsp3) is 0.783. The molecule has 1 atom stereocenters. The molecule has 2 heterocycles. The highest BCUT2D eigenvalue weighted by molar-refractivity contribution is 7.80. The van der Waals surface area contributed by atoms with Crippen LogP contribution >= 0.6 is 12.2 Å². The summed E-state index contributed by atoms with van der Waals surface area (Å²) >= 11 is 5.72. The van der Waals surface area contributed by atoms with Gasteiger partial charge in [0.15, 0.2) is 0 Å². The summed E-state index contributed by atoms with van der Waals surface area (Å²) in [5.41, 5.74) is 2.02. The number of unbranched alkanes of at least 4 members (excludes halogenated alkanes) is 2. The van der Waals surface area contributed by atoms with Gasteiger partial charge in [-0.2, -0.15) is 5.10 Å². The van der Waals surface area contributed by atoms with Gasteiger partial charge in [0.25, 0.3) is 0 Å². The molecule has 0 aliphatic carbocycles. The molecule has 0 saturated heterocycles. The summed E-state index contributed by atoms with van der Waals surface area (Å²) in [4.78, 5) is 16.1. The summed E-state index contributed by atoms with van der Waals surface area (Å²) in [6, 6.07) is 0.243. The molecule has 1 amide bonds. The lowest BCUT2D eigenvalue weighted by Crippen LogP contribution is -2.41. The van der Waals surface area contributed by atoms with Crippen LogP contribution in [0.4, 0.5) is 10.5 Å². The van der Waals surface area contributed by atoms with E-state index in [0.717, 1.165) is 68.1 Å². The number of anilines is 1. The number of nitrogens with one attached hydrogen (secondary N) is 1. The predicted octanol–water partition coefficient (Wildman–Crippen LogP) is 4.60. The fourth-order valence-corrected chi connectivity index (χ4v) is 4.37. The Morgan fingerprint density at radius 3 is 2.52 bits per heavy atom. The maximum absolute atomic E-state index is 11.4. The van der Waals surface area contributed by atoms with E-state index in [1.807, 2.05) is 4.68 Å². The van der Waals surface area contributed by atoms with Crippen molar-refractivity contribution in [2.45, 2.75) is 79.3 Å². The van der Waals surface area contributed by atoms with Crippen LogP contribution in [0.25, 0.3) is 0 Å². The van der Waals surface area contributed by atoms with E-state index in [4.69, 9.17) is 17.3 Å². The minimum Gasteiger partial charge on any atom is -0.465 e. The van der Waals surface area contributed by atoms with Crippen LogP contribution in [0.1, 0.15) is 72.4 Å². The number of carboxylic acid groups (broad SMARTS) is 1. The van der Waals surface area contributed by atoms with Gasteiger partial charge in [-0.1, -0.05) is 53.3 Å². The molecule has 1 aromatic heterocycles. The minimum atomic E-state index is -0.811. The van der Waals surface area contributed by atoms with Crippen LogP contribution in [0.2, 0.25) is 0 Å². The molecule has 2 N–H and O–H groups in total. The third-order valence-corrected chi connectivity index (χ3v) is 5.81. The molecular formula is C23H41N5O2S. The second-order valence-corrected chi connectivity index (χ2v) is 9.98. The van der Waals surface area contributed by atoms with Crippen molar-refractivity contribution in [3.8, 4) is 0 Å². The second kappa shape index (κ2) is 12.3. The summed E-state index contributed by atoms with van der Waals surface area (Å²) in [5.74, 6) is 1.07. The van der Waals surface area contributed by atoms with Crippen molar-refractivity contribution in [3.05, 3.63) is 11.9 Å². The molecule has 176 valence electrons. The maximum Gasteiger partial charge on any atom is 0.407 e. The minimum absolute atomic E-state index is 0.243. The smallest absolute Gasteiger partial charge is 0.407 e. The summed E-state index contributed by atoms with van der Waals surface area (Å²) < 4.78 is 2.02. The number of fused-ring (bicyclic) bond motifs is 1. The van der Waals surface area contributed by atoms with Gasteiger partial charge in [-0.15, -0.1) is 0 Å². The van der Waals surface area contributed by atoms with E-state index in [-0.39, 0.29) is 6.04 Å². The lowest BCUT2D eigenvalue weighted by Gasteiger charge is -2.28. The topological polar surface area (TPSA) is 73.6 Å². The third-order valence-electron chi connectivity index (χ3n) is 5.49. The van der Waals surface area contributed by atoms with Crippen LogP contribution in [0, 0.1) is 11.8 Å².